The van der Waals surface area contributed by atoms with E-state index < -0.39 is 0 Å². The van der Waals surface area contributed by atoms with Gasteiger partial charge in [0.25, 0.3) is 5.91 Å². The summed E-state index contributed by atoms with van der Waals surface area (Å²) in [5.41, 5.74) is 1.83. The number of nitrogens with zero attached hydrogens (tertiary/aromatic N) is 2. The highest BCUT2D eigenvalue weighted by Crippen LogP contribution is 2.18. The Morgan fingerprint density at radius 2 is 1.72 bits per heavy atom. The van der Waals surface area contributed by atoms with Gasteiger partial charge in [-0.1, -0.05) is 13.8 Å². The first kappa shape index (κ1) is 18.4. The van der Waals surface area contributed by atoms with Gasteiger partial charge in [-0.15, -0.1) is 0 Å². The molecule has 132 valence electrons. The van der Waals surface area contributed by atoms with Crippen molar-refractivity contribution < 1.29 is 9.59 Å². The van der Waals surface area contributed by atoms with Crippen LogP contribution in [0.15, 0.2) is 30.3 Å². The van der Waals surface area contributed by atoms with Crippen LogP contribution in [0.5, 0.6) is 0 Å². The fourth-order valence-corrected chi connectivity index (χ4v) is 2.12. The minimum atomic E-state index is -0.219. The smallest absolute Gasteiger partial charge is 0.270 e. The van der Waals surface area contributed by atoms with Crippen molar-refractivity contribution in [2.75, 3.05) is 17.2 Å². The van der Waals surface area contributed by atoms with Gasteiger partial charge in [0.05, 0.1) is 0 Å². The molecule has 2 amide bonds. The largest absolute Gasteiger partial charge is 0.350 e. The Bertz CT molecular complexity index is 757. The van der Waals surface area contributed by atoms with Crippen molar-refractivity contribution in [2.45, 2.75) is 27.7 Å². The molecule has 0 spiro atoms. The molecule has 1 aromatic heterocycles. The highest BCUT2D eigenvalue weighted by atomic mass is 16.2. The molecule has 2 aromatic rings. The number of nitrogens with one attached hydrogen (secondary N) is 3. The van der Waals surface area contributed by atoms with Crippen LogP contribution in [0.4, 0.5) is 17.2 Å². The summed E-state index contributed by atoms with van der Waals surface area (Å²) in [5, 5.41) is 8.69. The molecule has 1 aromatic carbocycles. The van der Waals surface area contributed by atoms with E-state index in [0.29, 0.717) is 35.5 Å². The number of aromatic nitrogens is 2. The number of rotatable bonds is 6. The van der Waals surface area contributed by atoms with E-state index in [4.69, 9.17) is 0 Å². The van der Waals surface area contributed by atoms with Gasteiger partial charge in [-0.3, -0.25) is 9.59 Å². The number of aryl methyl sites for hydroxylation is 1. The second kappa shape index (κ2) is 8.23. The van der Waals surface area contributed by atoms with Crippen molar-refractivity contribution in [1.29, 1.82) is 0 Å². The number of amides is 2. The van der Waals surface area contributed by atoms with Crippen LogP contribution in [0, 0.1) is 12.8 Å². The lowest BCUT2D eigenvalue weighted by molar-refractivity contribution is -0.114. The number of carbonyl (C=O) groups excluding carboxylic acids is 2. The zero-order valence-corrected chi connectivity index (χ0v) is 14.9. The Kier molecular flexibility index (Phi) is 6.05. The van der Waals surface area contributed by atoms with Crippen molar-refractivity contribution in [3.8, 4) is 0 Å². The second-order valence-corrected chi connectivity index (χ2v) is 6.17. The topological polar surface area (TPSA) is 96.0 Å². The molecule has 0 unspecified atom stereocenters. The molecular weight excluding hydrogens is 318 g/mol. The van der Waals surface area contributed by atoms with Crippen LogP contribution in [0.3, 0.4) is 0 Å². The molecule has 2 rings (SSSR count). The number of anilines is 3. The van der Waals surface area contributed by atoms with E-state index in [1.54, 1.807) is 25.1 Å². The van der Waals surface area contributed by atoms with Crippen LogP contribution < -0.4 is 16.0 Å². The molecule has 3 N–H and O–H groups in total. The maximum Gasteiger partial charge on any atom is 0.270 e. The number of hydrogen-bond acceptors (Lipinski definition) is 5. The first-order valence-corrected chi connectivity index (χ1v) is 8.12. The average Bonchev–Trinajstić information content (AvgIpc) is 2.53. The summed E-state index contributed by atoms with van der Waals surface area (Å²) < 4.78 is 0. The third-order valence-corrected chi connectivity index (χ3v) is 3.22. The highest BCUT2D eigenvalue weighted by molar-refractivity contribution is 5.93. The molecule has 0 atom stereocenters. The Morgan fingerprint density at radius 3 is 2.32 bits per heavy atom. The van der Waals surface area contributed by atoms with Gasteiger partial charge in [0.2, 0.25) is 5.91 Å². The van der Waals surface area contributed by atoms with Gasteiger partial charge in [-0.2, -0.15) is 0 Å². The lowest BCUT2D eigenvalue weighted by atomic mass is 10.2. The molecule has 0 fully saturated rings. The first-order chi connectivity index (χ1) is 11.8. The normalized spacial score (nSPS) is 10.4. The van der Waals surface area contributed by atoms with Gasteiger partial charge in [0.15, 0.2) is 0 Å². The lowest BCUT2D eigenvalue weighted by Crippen LogP contribution is -2.28. The standard InChI is InChI=1S/C18H23N5O2/c1-11(2)10-19-18(25)16-9-17(21-12(3)20-16)23-15-7-5-14(6-8-15)22-13(4)24/h5-9,11H,10H2,1-4H3,(H,19,25)(H,22,24)(H,20,21,23). The maximum atomic E-state index is 12.2. The Labute approximate surface area is 147 Å². The van der Waals surface area contributed by atoms with E-state index in [0.717, 1.165) is 5.69 Å². The Balaban J connectivity index is 2.11. The first-order valence-electron chi connectivity index (χ1n) is 8.12. The predicted octanol–water partition coefficient (Wildman–Crippen LogP) is 2.87. The predicted molar refractivity (Wildman–Crippen MR) is 98.0 cm³/mol. The monoisotopic (exact) mass is 341 g/mol. The van der Waals surface area contributed by atoms with E-state index >= 15 is 0 Å². The van der Waals surface area contributed by atoms with Gasteiger partial charge in [-0.05, 0) is 37.1 Å². The van der Waals surface area contributed by atoms with Gasteiger partial charge in [0, 0.05) is 30.9 Å². The van der Waals surface area contributed by atoms with Crippen LogP contribution in [0.1, 0.15) is 37.1 Å². The Hall–Kier alpha value is -2.96. The Morgan fingerprint density at radius 1 is 1.08 bits per heavy atom. The zero-order valence-electron chi connectivity index (χ0n) is 14.9. The third kappa shape index (κ3) is 5.87. The maximum absolute atomic E-state index is 12.2. The summed E-state index contributed by atoms with van der Waals surface area (Å²) in [6.07, 6.45) is 0. The second-order valence-electron chi connectivity index (χ2n) is 6.17. The summed E-state index contributed by atoms with van der Waals surface area (Å²) in [6, 6.07) is 8.83. The molecule has 0 saturated heterocycles. The quantitative estimate of drug-likeness (QED) is 0.751. The zero-order chi connectivity index (χ0) is 18.4. The summed E-state index contributed by atoms with van der Waals surface area (Å²) in [6.45, 7) is 7.85. The van der Waals surface area contributed by atoms with Gasteiger partial charge in [-0.25, -0.2) is 9.97 Å². The van der Waals surface area contributed by atoms with Crippen LogP contribution in [0.25, 0.3) is 0 Å². The van der Waals surface area contributed by atoms with Crippen molar-refractivity contribution >= 4 is 29.0 Å². The fraction of sp³-hybridized carbons (Fsp3) is 0.333. The van der Waals surface area contributed by atoms with Gasteiger partial charge < -0.3 is 16.0 Å². The van der Waals surface area contributed by atoms with E-state index in [2.05, 4.69) is 25.9 Å². The fourth-order valence-electron chi connectivity index (χ4n) is 2.12. The molecule has 0 bridgehead atoms. The molecule has 1 heterocycles. The van der Waals surface area contributed by atoms with Crippen molar-refractivity contribution in [3.05, 3.63) is 41.9 Å². The molecule has 7 heteroatoms. The van der Waals surface area contributed by atoms with Crippen LogP contribution >= 0.6 is 0 Å². The van der Waals surface area contributed by atoms with E-state index in [1.165, 1.54) is 6.92 Å². The molecule has 7 nitrogen and oxygen atoms in total. The molecule has 25 heavy (non-hydrogen) atoms. The van der Waals surface area contributed by atoms with Gasteiger partial charge in [0.1, 0.15) is 17.3 Å². The summed E-state index contributed by atoms with van der Waals surface area (Å²) in [7, 11) is 0. The van der Waals surface area contributed by atoms with E-state index in [1.807, 2.05) is 26.0 Å². The van der Waals surface area contributed by atoms with Crippen molar-refractivity contribution in [1.82, 2.24) is 15.3 Å². The highest BCUT2D eigenvalue weighted by Gasteiger charge is 2.11. The average molecular weight is 341 g/mol. The third-order valence-electron chi connectivity index (χ3n) is 3.22. The molecular formula is C18H23N5O2. The molecule has 0 aliphatic carbocycles. The van der Waals surface area contributed by atoms with E-state index in [-0.39, 0.29) is 11.8 Å². The lowest BCUT2D eigenvalue weighted by Gasteiger charge is -2.11. The SMILES string of the molecule is CC(=O)Nc1ccc(Nc2cc(C(=O)NCC(C)C)nc(C)n2)cc1. The molecule has 0 aliphatic rings. The van der Waals surface area contributed by atoms with E-state index in [9.17, 15) is 9.59 Å². The van der Waals surface area contributed by atoms with Crippen LogP contribution in [-0.4, -0.2) is 28.3 Å². The minimum absolute atomic E-state index is 0.121. The summed E-state index contributed by atoms with van der Waals surface area (Å²) >= 11 is 0. The van der Waals surface area contributed by atoms with Crippen LogP contribution in [-0.2, 0) is 4.79 Å². The van der Waals surface area contributed by atoms with Crippen LogP contribution in [0.2, 0.25) is 0 Å². The molecule has 0 saturated carbocycles. The number of carbonyl (C=O) groups is 2. The minimum Gasteiger partial charge on any atom is -0.350 e. The number of hydrogen-bond donors (Lipinski definition) is 3. The van der Waals surface area contributed by atoms with Crippen molar-refractivity contribution in [3.63, 3.8) is 0 Å². The summed E-state index contributed by atoms with van der Waals surface area (Å²) in [4.78, 5) is 31.7. The number of benzene rings is 1. The summed E-state index contributed by atoms with van der Waals surface area (Å²) in [5.74, 6) is 1.07. The molecule has 0 radical (unpaired) electrons. The molecule has 0 aliphatic heterocycles. The van der Waals surface area contributed by atoms with Crippen molar-refractivity contribution in [2.24, 2.45) is 5.92 Å². The van der Waals surface area contributed by atoms with Gasteiger partial charge >= 0.3 is 0 Å².